The standard InChI is InChI=1S/C24H32O2/c1-16(12-21(25)26)8-6-9-17-13-18-14-23(2,3)15-24(4,5)22(18)20-11-7-10-19(17)20/h6,8-9,12,14,19H,7,10-11,13,15H2,1-5H3,(H,25,26)/b8-6+,16-12+,17-9-. The molecule has 3 rings (SSSR count). The third kappa shape index (κ3) is 3.79. The fraction of sp³-hybridized carbons (Fsp3) is 0.542. The largest absolute Gasteiger partial charge is 0.478 e. The van der Waals surface area contributed by atoms with Crippen molar-refractivity contribution in [2.24, 2.45) is 16.7 Å². The van der Waals surface area contributed by atoms with Gasteiger partial charge in [-0.15, -0.1) is 0 Å². The summed E-state index contributed by atoms with van der Waals surface area (Å²) in [5, 5.41) is 8.84. The van der Waals surface area contributed by atoms with Crippen LogP contribution in [0.3, 0.4) is 0 Å². The number of rotatable bonds is 3. The predicted octanol–water partition coefficient (Wildman–Crippen LogP) is 6.38. The van der Waals surface area contributed by atoms with Gasteiger partial charge in [0.2, 0.25) is 0 Å². The van der Waals surface area contributed by atoms with E-state index in [-0.39, 0.29) is 10.8 Å². The molecule has 2 heteroatoms. The van der Waals surface area contributed by atoms with Gasteiger partial charge in [-0.2, -0.15) is 0 Å². The van der Waals surface area contributed by atoms with E-state index in [0.29, 0.717) is 5.92 Å². The number of carbonyl (C=O) groups is 1. The molecule has 1 fully saturated rings. The van der Waals surface area contributed by atoms with Gasteiger partial charge in [0.15, 0.2) is 0 Å². The normalized spacial score (nSPS) is 29.0. The molecule has 3 aliphatic rings. The Morgan fingerprint density at radius 2 is 2.00 bits per heavy atom. The minimum absolute atomic E-state index is 0.246. The van der Waals surface area contributed by atoms with Crippen LogP contribution in [0.5, 0.6) is 0 Å². The van der Waals surface area contributed by atoms with Crippen molar-refractivity contribution in [2.45, 2.75) is 66.7 Å². The molecular formula is C24H32O2. The molecule has 140 valence electrons. The molecule has 3 aliphatic carbocycles. The molecule has 0 radical (unpaired) electrons. The summed E-state index contributed by atoms with van der Waals surface area (Å²) in [7, 11) is 0. The van der Waals surface area contributed by atoms with Crippen LogP contribution < -0.4 is 0 Å². The highest BCUT2D eigenvalue weighted by molar-refractivity contribution is 5.81. The Morgan fingerprint density at radius 3 is 2.69 bits per heavy atom. The van der Waals surface area contributed by atoms with Gasteiger partial charge in [0.05, 0.1) is 0 Å². The molecule has 0 aromatic rings. The van der Waals surface area contributed by atoms with Gasteiger partial charge in [-0.25, -0.2) is 4.79 Å². The van der Waals surface area contributed by atoms with Crippen molar-refractivity contribution in [2.75, 3.05) is 0 Å². The number of allylic oxidation sites excluding steroid dienone is 9. The lowest BCUT2D eigenvalue weighted by molar-refractivity contribution is -0.131. The van der Waals surface area contributed by atoms with E-state index in [1.807, 2.05) is 19.1 Å². The molecule has 0 heterocycles. The second kappa shape index (κ2) is 6.72. The first-order valence-corrected chi connectivity index (χ1v) is 9.83. The average Bonchev–Trinajstić information content (AvgIpc) is 2.92. The Hall–Kier alpha value is -1.83. The molecule has 0 bridgehead atoms. The van der Waals surface area contributed by atoms with Crippen LogP contribution in [-0.4, -0.2) is 11.1 Å². The highest BCUT2D eigenvalue weighted by Crippen LogP contribution is 2.57. The molecule has 1 unspecified atom stereocenters. The summed E-state index contributed by atoms with van der Waals surface area (Å²) < 4.78 is 0. The Morgan fingerprint density at radius 1 is 1.27 bits per heavy atom. The van der Waals surface area contributed by atoms with Gasteiger partial charge in [0.25, 0.3) is 0 Å². The smallest absolute Gasteiger partial charge is 0.328 e. The lowest BCUT2D eigenvalue weighted by atomic mass is 9.59. The Balaban J connectivity index is 1.98. The number of aliphatic carboxylic acids is 1. The van der Waals surface area contributed by atoms with Crippen LogP contribution in [0.2, 0.25) is 0 Å². The van der Waals surface area contributed by atoms with Crippen LogP contribution in [0.4, 0.5) is 0 Å². The van der Waals surface area contributed by atoms with Crippen LogP contribution >= 0.6 is 0 Å². The molecular weight excluding hydrogens is 320 g/mol. The van der Waals surface area contributed by atoms with E-state index in [1.54, 1.807) is 11.1 Å². The lowest BCUT2D eigenvalue weighted by Gasteiger charge is -2.46. The number of carboxylic acids is 1. The zero-order valence-electron chi connectivity index (χ0n) is 16.9. The van der Waals surface area contributed by atoms with Crippen LogP contribution in [0, 0.1) is 16.7 Å². The van der Waals surface area contributed by atoms with Crippen molar-refractivity contribution in [1.82, 2.24) is 0 Å². The third-order valence-corrected chi connectivity index (χ3v) is 6.00. The van der Waals surface area contributed by atoms with E-state index in [9.17, 15) is 4.79 Å². The maximum atomic E-state index is 10.8. The predicted molar refractivity (Wildman–Crippen MR) is 108 cm³/mol. The first kappa shape index (κ1) is 18.9. The number of fused-ring (bicyclic) bond motifs is 2. The quantitative estimate of drug-likeness (QED) is 0.472. The van der Waals surface area contributed by atoms with E-state index < -0.39 is 5.97 Å². The maximum Gasteiger partial charge on any atom is 0.328 e. The fourth-order valence-electron chi connectivity index (χ4n) is 5.68. The molecule has 0 aromatic heterocycles. The SMILES string of the molecule is CC(/C=C/C=C1/CC2=CC(C)(C)CC(C)(C)C2=C2CCCC21)=C\C(=O)O. The van der Waals surface area contributed by atoms with Crippen molar-refractivity contribution < 1.29 is 9.90 Å². The van der Waals surface area contributed by atoms with Gasteiger partial charge < -0.3 is 5.11 Å². The molecule has 1 N–H and O–H groups in total. The lowest BCUT2D eigenvalue weighted by Crippen LogP contribution is -2.33. The van der Waals surface area contributed by atoms with Crippen LogP contribution in [0.25, 0.3) is 0 Å². The second-order valence-corrected chi connectivity index (χ2v) is 9.57. The van der Waals surface area contributed by atoms with E-state index in [4.69, 9.17) is 5.11 Å². The monoisotopic (exact) mass is 352 g/mol. The van der Waals surface area contributed by atoms with E-state index >= 15 is 0 Å². The summed E-state index contributed by atoms with van der Waals surface area (Å²) in [4.78, 5) is 10.8. The van der Waals surface area contributed by atoms with Gasteiger partial charge >= 0.3 is 5.97 Å². The Labute approximate surface area is 158 Å². The van der Waals surface area contributed by atoms with E-state index in [0.717, 1.165) is 12.0 Å². The molecule has 1 saturated carbocycles. The molecule has 0 saturated heterocycles. The summed E-state index contributed by atoms with van der Waals surface area (Å²) in [6.45, 7) is 11.4. The second-order valence-electron chi connectivity index (χ2n) is 9.57. The zero-order valence-corrected chi connectivity index (χ0v) is 16.9. The zero-order chi connectivity index (χ0) is 19.1. The first-order chi connectivity index (χ1) is 12.1. The Kier molecular flexibility index (Phi) is 4.90. The summed E-state index contributed by atoms with van der Waals surface area (Å²) in [5.41, 5.74) is 7.65. The highest BCUT2D eigenvalue weighted by Gasteiger charge is 2.43. The first-order valence-electron chi connectivity index (χ1n) is 9.83. The summed E-state index contributed by atoms with van der Waals surface area (Å²) in [6, 6.07) is 0. The molecule has 0 amide bonds. The average molecular weight is 353 g/mol. The number of carboxylic acid groups (broad SMARTS) is 1. The van der Waals surface area contributed by atoms with Crippen molar-refractivity contribution >= 4 is 5.97 Å². The van der Waals surface area contributed by atoms with E-state index in [1.165, 1.54) is 42.9 Å². The van der Waals surface area contributed by atoms with Crippen molar-refractivity contribution in [3.63, 3.8) is 0 Å². The minimum Gasteiger partial charge on any atom is -0.478 e. The molecule has 2 nitrogen and oxygen atoms in total. The Bertz CT molecular complexity index is 766. The van der Waals surface area contributed by atoms with E-state index in [2.05, 4.69) is 39.8 Å². The van der Waals surface area contributed by atoms with Gasteiger partial charge in [0.1, 0.15) is 0 Å². The molecule has 1 atom stereocenters. The van der Waals surface area contributed by atoms with Crippen molar-refractivity contribution in [3.8, 4) is 0 Å². The van der Waals surface area contributed by atoms with Crippen LogP contribution in [0.1, 0.15) is 66.7 Å². The van der Waals surface area contributed by atoms with Crippen molar-refractivity contribution in [1.29, 1.82) is 0 Å². The highest BCUT2D eigenvalue weighted by atomic mass is 16.4. The van der Waals surface area contributed by atoms with Gasteiger partial charge in [-0.05, 0) is 66.6 Å². The summed E-state index contributed by atoms with van der Waals surface area (Å²) >= 11 is 0. The molecule has 0 aliphatic heterocycles. The van der Waals surface area contributed by atoms with Crippen LogP contribution in [0.15, 0.2) is 58.2 Å². The fourth-order valence-corrected chi connectivity index (χ4v) is 5.68. The number of hydrogen-bond acceptors (Lipinski definition) is 1. The molecule has 0 spiro atoms. The van der Waals surface area contributed by atoms with Crippen LogP contribution in [-0.2, 0) is 4.79 Å². The topological polar surface area (TPSA) is 37.3 Å². The molecule has 26 heavy (non-hydrogen) atoms. The minimum atomic E-state index is -0.889. The third-order valence-electron chi connectivity index (χ3n) is 6.00. The summed E-state index contributed by atoms with van der Waals surface area (Å²) in [5.74, 6) is -0.295. The maximum absolute atomic E-state index is 10.8. The number of hydrogen-bond donors (Lipinski definition) is 1. The van der Waals surface area contributed by atoms with Gasteiger partial charge in [-0.3, -0.25) is 0 Å². The van der Waals surface area contributed by atoms with Gasteiger partial charge in [0, 0.05) is 12.0 Å². The van der Waals surface area contributed by atoms with Gasteiger partial charge in [-0.1, -0.05) is 63.1 Å². The van der Waals surface area contributed by atoms with Crippen molar-refractivity contribution in [3.05, 3.63) is 58.2 Å². The molecule has 0 aromatic carbocycles. The summed E-state index contributed by atoms with van der Waals surface area (Å²) in [6.07, 6.45) is 16.0.